The van der Waals surface area contributed by atoms with E-state index in [1.165, 1.54) is 4.31 Å². The Morgan fingerprint density at radius 1 is 1.32 bits per heavy atom. The molecule has 1 aliphatic heterocycles. The van der Waals surface area contributed by atoms with Crippen LogP contribution in [0.1, 0.15) is 18.4 Å². The van der Waals surface area contributed by atoms with Crippen LogP contribution < -0.4 is 5.32 Å². The van der Waals surface area contributed by atoms with Gasteiger partial charge in [-0.05, 0) is 31.0 Å². The molecule has 0 bridgehead atoms. The zero-order valence-electron chi connectivity index (χ0n) is 12.2. The second-order valence-electron chi connectivity index (χ2n) is 5.39. The van der Waals surface area contributed by atoms with Gasteiger partial charge in [0, 0.05) is 31.1 Å². The summed E-state index contributed by atoms with van der Waals surface area (Å²) in [5, 5.41) is 2.58. The molecule has 1 saturated heterocycles. The van der Waals surface area contributed by atoms with E-state index in [0.29, 0.717) is 25.9 Å². The molecular weight excluding hydrogens is 314 g/mol. The smallest absolute Gasteiger partial charge is 0.223 e. The molecule has 1 aliphatic rings. The minimum atomic E-state index is -3.23. The fourth-order valence-corrected chi connectivity index (χ4v) is 3.33. The third kappa shape index (κ3) is 4.23. The van der Waals surface area contributed by atoms with Crippen molar-refractivity contribution in [2.75, 3.05) is 19.3 Å². The second-order valence-corrected chi connectivity index (χ2v) is 7.37. The number of hydrogen-bond donors (Lipinski definition) is 1. The van der Waals surface area contributed by atoms with Crippen LogP contribution in [0.15, 0.2) is 18.2 Å². The molecule has 0 aromatic heterocycles. The van der Waals surface area contributed by atoms with Gasteiger partial charge in [0.15, 0.2) is 0 Å². The first kappa shape index (κ1) is 16.8. The highest BCUT2D eigenvalue weighted by Gasteiger charge is 2.28. The summed E-state index contributed by atoms with van der Waals surface area (Å²) in [5.74, 6) is -1.72. The van der Waals surface area contributed by atoms with Crippen LogP contribution in [0.4, 0.5) is 8.78 Å². The number of nitrogens with zero attached hydrogens (tertiary/aromatic N) is 1. The monoisotopic (exact) mass is 332 g/mol. The van der Waals surface area contributed by atoms with Crippen molar-refractivity contribution in [3.8, 4) is 0 Å². The molecule has 1 N–H and O–H groups in total. The molecule has 0 radical (unpaired) electrons. The van der Waals surface area contributed by atoms with Crippen LogP contribution >= 0.6 is 0 Å². The highest BCUT2D eigenvalue weighted by Crippen LogP contribution is 2.19. The maximum atomic E-state index is 13.5. The molecule has 0 saturated carbocycles. The van der Waals surface area contributed by atoms with Crippen LogP contribution in [-0.4, -0.2) is 38.0 Å². The average molecular weight is 332 g/mol. The molecule has 0 atom stereocenters. The first-order valence-corrected chi connectivity index (χ1v) is 8.79. The Kier molecular flexibility index (Phi) is 5.12. The summed E-state index contributed by atoms with van der Waals surface area (Å²) < 4.78 is 50.6. The van der Waals surface area contributed by atoms with Crippen LogP contribution in [-0.2, 0) is 21.4 Å². The summed E-state index contributed by atoms with van der Waals surface area (Å²) in [6.45, 7) is 0.505. The largest absolute Gasteiger partial charge is 0.352 e. The van der Waals surface area contributed by atoms with Crippen molar-refractivity contribution in [1.29, 1.82) is 0 Å². The number of hydrogen-bond acceptors (Lipinski definition) is 3. The molecule has 0 spiro atoms. The molecule has 1 fully saturated rings. The third-order valence-electron chi connectivity index (χ3n) is 3.75. The Morgan fingerprint density at radius 2 is 1.95 bits per heavy atom. The van der Waals surface area contributed by atoms with E-state index in [2.05, 4.69) is 5.32 Å². The third-order valence-corrected chi connectivity index (χ3v) is 5.06. The van der Waals surface area contributed by atoms with Gasteiger partial charge in [-0.1, -0.05) is 0 Å². The zero-order valence-corrected chi connectivity index (χ0v) is 13.0. The van der Waals surface area contributed by atoms with E-state index in [9.17, 15) is 22.0 Å². The van der Waals surface area contributed by atoms with Gasteiger partial charge in [-0.25, -0.2) is 21.5 Å². The van der Waals surface area contributed by atoms with E-state index < -0.39 is 21.7 Å². The Labute approximate surface area is 128 Å². The zero-order chi connectivity index (χ0) is 16.3. The molecule has 1 amide bonds. The molecule has 1 aromatic carbocycles. The standard InChI is InChI=1S/C14H18F2N2O3S/c1-22(20,21)18-6-4-10(5-7-18)14(19)17-9-11-8-12(15)2-3-13(11)16/h2-3,8,10H,4-7,9H2,1H3,(H,17,19). The fraction of sp³-hybridized carbons (Fsp3) is 0.500. The minimum absolute atomic E-state index is 0.0851. The van der Waals surface area contributed by atoms with Crippen LogP contribution in [0.2, 0.25) is 0 Å². The molecular formula is C14H18F2N2O3S. The van der Waals surface area contributed by atoms with Crippen LogP contribution in [0.5, 0.6) is 0 Å². The van der Waals surface area contributed by atoms with Gasteiger partial charge in [0.1, 0.15) is 11.6 Å². The summed E-state index contributed by atoms with van der Waals surface area (Å²) in [6.07, 6.45) is 1.98. The lowest BCUT2D eigenvalue weighted by atomic mass is 9.97. The molecule has 0 unspecified atom stereocenters. The lowest BCUT2D eigenvalue weighted by Gasteiger charge is -2.29. The Hall–Kier alpha value is -1.54. The summed E-state index contributed by atoms with van der Waals surface area (Å²) in [4.78, 5) is 12.0. The minimum Gasteiger partial charge on any atom is -0.352 e. The van der Waals surface area contributed by atoms with Gasteiger partial charge in [0.25, 0.3) is 0 Å². The predicted octanol–water partition coefficient (Wildman–Crippen LogP) is 1.25. The highest BCUT2D eigenvalue weighted by molar-refractivity contribution is 7.88. The van der Waals surface area contributed by atoms with E-state index in [4.69, 9.17) is 0 Å². The van der Waals surface area contributed by atoms with Crippen molar-refractivity contribution in [3.63, 3.8) is 0 Å². The highest BCUT2D eigenvalue weighted by atomic mass is 32.2. The Balaban J connectivity index is 1.87. The molecule has 8 heteroatoms. The number of carbonyl (C=O) groups is 1. The lowest BCUT2D eigenvalue weighted by Crippen LogP contribution is -2.42. The number of benzene rings is 1. The number of piperidine rings is 1. The van der Waals surface area contributed by atoms with E-state index in [-0.39, 0.29) is 23.9 Å². The Bertz CT molecular complexity index is 656. The molecule has 0 aliphatic carbocycles. The number of halogens is 2. The normalized spacial score (nSPS) is 17.4. The van der Waals surface area contributed by atoms with Crippen molar-refractivity contribution in [2.24, 2.45) is 5.92 Å². The van der Waals surface area contributed by atoms with Gasteiger partial charge < -0.3 is 5.32 Å². The van der Waals surface area contributed by atoms with Crippen LogP contribution in [0.25, 0.3) is 0 Å². The van der Waals surface area contributed by atoms with Crippen molar-refractivity contribution in [2.45, 2.75) is 19.4 Å². The number of nitrogens with one attached hydrogen (secondary N) is 1. The van der Waals surface area contributed by atoms with Crippen molar-refractivity contribution in [1.82, 2.24) is 9.62 Å². The molecule has 22 heavy (non-hydrogen) atoms. The van der Waals surface area contributed by atoms with Gasteiger partial charge in [-0.15, -0.1) is 0 Å². The summed E-state index contributed by atoms with van der Waals surface area (Å²) in [7, 11) is -3.23. The summed E-state index contributed by atoms with van der Waals surface area (Å²) in [6, 6.07) is 3.07. The van der Waals surface area contributed by atoms with E-state index in [1.54, 1.807) is 0 Å². The number of carbonyl (C=O) groups excluding carboxylic acids is 1. The van der Waals surface area contributed by atoms with Crippen LogP contribution in [0.3, 0.4) is 0 Å². The quantitative estimate of drug-likeness (QED) is 0.902. The predicted molar refractivity (Wildman–Crippen MR) is 77.3 cm³/mol. The number of amides is 1. The lowest BCUT2D eigenvalue weighted by molar-refractivity contribution is -0.126. The first-order chi connectivity index (χ1) is 10.3. The van der Waals surface area contributed by atoms with E-state index >= 15 is 0 Å². The van der Waals surface area contributed by atoms with Crippen molar-refractivity contribution < 1.29 is 22.0 Å². The van der Waals surface area contributed by atoms with Crippen LogP contribution in [0, 0.1) is 17.6 Å². The number of rotatable bonds is 4. The van der Waals surface area contributed by atoms with E-state index in [1.807, 2.05) is 0 Å². The van der Waals surface area contributed by atoms with Gasteiger partial charge in [-0.3, -0.25) is 4.79 Å². The number of sulfonamides is 1. The first-order valence-electron chi connectivity index (χ1n) is 6.94. The summed E-state index contributed by atoms with van der Waals surface area (Å²) >= 11 is 0. The molecule has 1 heterocycles. The second kappa shape index (κ2) is 6.70. The van der Waals surface area contributed by atoms with Gasteiger partial charge >= 0.3 is 0 Å². The Morgan fingerprint density at radius 3 is 2.55 bits per heavy atom. The van der Waals surface area contributed by atoms with Gasteiger partial charge in [-0.2, -0.15) is 0 Å². The van der Waals surface area contributed by atoms with Gasteiger partial charge in [0.2, 0.25) is 15.9 Å². The fourth-order valence-electron chi connectivity index (χ4n) is 2.46. The molecule has 1 aromatic rings. The summed E-state index contributed by atoms with van der Waals surface area (Å²) in [5.41, 5.74) is 0.0851. The molecule has 122 valence electrons. The average Bonchev–Trinajstić information content (AvgIpc) is 2.47. The molecule has 5 nitrogen and oxygen atoms in total. The van der Waals surface area contributed by atoms with Crippen molar-refractivity contribution >= 4 is 15.9 Å². The van der Waals surface area contributed by atoms with E-state index in [0.717, 1.165) is 24.5 Å². The topological polar surface area (TPSA) is 66.5 Å². The van der Waals surface area contributed by atoms with Gasteiger partial charge in [0.05, 0.1) is 6.26 Å². The SMILES string of the molecule is CS(=O)(=O)N1CCC(C(=O)NCc2cc(F)ccc2F)CC1. The maximum Gasteiger partial charge on any atom is 0.223 e. The maximum absolute atomic E-state index is 13.5. The van der Waals surface area contributed by atoms with Crippen molar-refractivity contribution in [3.05, 3.63) is 35.4 Å². The molecule has 2 rings (SSSR count).